The summed E-state index contributed by atoms with van der Waals surface area (Å²) in [5.41, 5.74) is 1.36. The predicted octanol–water partition coefficient (Wildman–Crippen LogP) is 17.3. The summed E-state index contributed by atoms with van der Waals surface area (Å²) in [6, 6.07) is 15.2. The third-order valence-corrected chi connectivity index (χ3v) is 12.2. The van der Waals surface area contributed by atoms with Gasteiger partial charge in [-0.25, -0.2) is 13.1 Å². The van der Waals surface area contributed by atoms with Gasteiger partial charge in [-0.2, -0.15) is 10.5 Å². The van der Waals surface area contributed by atoms with Crippen LogP contribution in [0.2, 0.25) is 0 Å². The van der Waals surface area contributed by atoms with Gasteiger partial charge in [-0.1, -0.05) is 121 Å². The third-order valence-electron chi connectivity index (χ3n) is 12.2. The van der Waals surface area contributed by atoms with E-state index in [2.05, 4.69) is 136 Å². The molecular weight excluding hydrogens is 717 g/mol. The fourth-order valence-electron chi connectivity index (χ4n) is 7.68. The molecule has 1 aromatic rings. The van der Waals surface area contributed by atoms with Crippen molar-refractivity contribution in [1.82, 2.24) is 0 Å². The van der Waals surface area contributed by atoms with Crippen LogP contribution < -0.4 is 0 Å². The van der Waals surface area contributed by atoms with Gasteiger partial charge in [0.15, 0.2) is 0 Å². The van der Waals surface area contributed by atoms with Crippen molar-refractivity contribution in [2.24, 2.45) is 35.5 Å². The minimum Gasteiger partial charge on any atom is -0.314 e. The maximum atomic E-state index is 8.76. The first-order chi connectivity index (χ1) is 28.2. The van der Waals surface area contributed by atoms with Crippen LogP contribution in [0.15, 0.2) is 79.9 Å². The Morgan fingerprint density at radius 3 is 1.41 bits per heavy atom. The molecule has 0 saturated carbocycles. The van der Waals surface area contributed by atoms with Crippen LogP contribution in [0.1, 0.15) is 189 Å². The summed E-state index contributed by atoms with van der Waals surface area (Å²) in [6.07, 6.45) is 39.0. The summed E-state index contributed by atoms with van der Waals surface area (Å²) in [6.45, 7) is 33.9. The van der Waals surface area contributed by atoms with E-state index in [0.717, 1.165) is 77.0 Å². The molecule has 8 unspecified atom stereocenters. The zero-order chi connectivity index (χ0) is 43.1. The van der Waals surface area contributed by atoms with E-state index in [-0.39, 0.29) is 19.5 Å². The molecule has 328 valence electrons. The van der Waals surface area contributed by atoms with Crippen molar-refractivity contribution in [2.75, 3.05) is 0 Å². The Morgan fingerprint density at radius 2 is 1.00 bits per heavy atom. The predicted molar refractivity (Wildman–Crippen MR) is 258 cm³/mol. The second kappa shape index (κ2) is 40.9. The van der Waals surface area contributed by atoms with Gasteiger partial charge < -0.3 is 9.69 Å². The smallest absolute Gasteiger partial charge is 0.223 e. The molecule has 4 nitrogen and oxygen atoms in total. The van der Waals surface area contributed by atoms with Gasteiger partial charge in [0.2, 0.25) is 12.1 Å². The van der Waals surface area contributed by atoms with Gasteiger partial charge in [-0.15, -0.1) is 13.2 Å². The van der Waals surface area contributed by atoms with Crippen LogP contribution >= 0.6 is 0 Å². The highest BCUT2D eigenvalue weighted by atomic mass is 14.7. The zero-order valence-corrected chi connectivity index (χ0v) is 37.9. The van der Waals surface area contributed by atoms with Gasteiger partial charge in [-0.3, -0.25) is 0 Å². The van der Waals surface area contributed by atoms with Crippen molar-refractivity contribution in [3.8, 4) is 12.1 Å². The minimum atomic E-state index is 0. The highest BCUT2D eigenvalue weighted by Crippen LogP contribution is 2.29. The number of nitrogens with zero attached hydrogens (tertiary/aromatic N) is 4. The molecule has 0 radical (unpaired) electrons. The van der Waals surface area contributed by atoms with Crippen molar-refractivity contribution < 1.29 is 0 Å². The summed E-state index contributed by atoms with van der Waals surface area (Å²) in [5.74, 6) is 3.21. The first kappa shape index (κ1) is 57.2. The van der Waals surface area contributed by atoms with E-state index in [4.69, 9.17) is 23.7 Å². The monoisotopic (exact) mass is 805 g/mol. The molecule has 0 spiro atoms. The molecule has 0 bridgehead atoms. The number of benzene rings is 1. The van der Waals surface area contributed by atoms with Crippen molar-refractivity contribution in [3.63, 3.8) is 0 Å². The summed E-state index contributed by atoms with van der Waals surface area (Å²) < 4.78 is 0. The molecule has 0 aromatic heterocycles. The number of nitriles is 2. The number of unbranched alkanes of at least 4 members (excludes halogenated alkanes) is 5. The first-order valence-electron chi connectivity index (χ1n) is 23.2. The molecule has 0 heterocycles. The van der Waals surface area contributed by atoms with E-state index in [1.165, 1.54) is 63.4 Å². The lowest BCUT2D eigenvalue weighted by Gasteiger charge is -2.20. The highest BCUT2D eigenvalue weighted by molar-refractivity contribution is 5.17. The van der Waals surface area contributed by atoms with Gasteiger partial charge >= 0.3 is 0 Å². The lowest BCUT2D eigenvalue weighted by atomic mass is 9.84. The lowest BCUT2D eigenvalue weighted by molar-refractivity contribution is 0.335. The molecule has 8 atom stereocenters. The van der Waals surface area contributed by atoms with Crippen LogP contribution in [0.5, 0.6) is 0 Å². The Morgan fingerprint density at radius 1 is 0.576 bits per heavy atom. The summed E-state index contributed by atoms with van der Waals surface area (Å²) in [4.78, 5) is 7.63. The van der Waals surface area contributed by atoms with Crippen LogP contribution in [0, 0.1) is 71.3 Å². The van der Waals surface area contributed by atoms with E-state index < -0.39 is 0 Å². The standard InChI is InChI=1S/C28H40N2.C26H44N2.CH4/c1-5-26(15-9-6-7-10-16-27-17-11-8-12-18-27)20-22-28(25(3)30-4)21-19-24(2)14-13-23-29;1-6-8-9-10-11-12-13-14-17-25(7-2)19-21-26(24(4)28-5)20-18-23(3)16-15-22-27;/h5,7-8,10-12,17-18,24-26,28H,1,6,9,13-16,19-22H2,2-3H3;7,11-12,23-26H,2,6,8-10,13-21H2,1,3-4H3;1H4. The molecule has 1 aromatic carbocycles. The molecule has 1 rings (SSSR count). The molecule has 4 heteroatoms. The Hall–Kier alpha value is -3.86. The molecule has 0 N–H and O–H groups in total. The Balaban J connectivity index is 0. The Labute approximate surface area is 367 Å². The molecule has 0 aliphatic carbocycles. The van der Waals surface area contributed by atoms with E-state index in [0.29, 0.717) is 48.3 Å². The fraction of sp³-hybridized carbons (Fsp3) is 0.673. The van der Waals surface area contributed by atoms with E-state index >= 15 is 0 Å². The molecule has 0 aliphatic rings. The molecule has 59 heavy (non-hydrogen) atoms. The second-order valence-corrected chi connectivity index (χ2v) is 17.2. The first-order valence-corrected chi connectivity index (χ1v) is 23.2. The Kier molecular flexibility index (Phi) is 39.7. The quantitative estimate of drug-likeness (QED) is 0.0396. The van der Waals surface area contributed by atoms with Crippen LogP contribution in [0.4, 0.5) is 0 Å². The van der Waals surface area contributed by atoms with Gasteiger partial charge in [-0.05, 0) is 138 Å². The zero-order valence-electron chi connectivity index (χ0n) is 37.9. The molecule has 0 amide bonds. The molecule has 0 saturated heterocycles. The topological polar surface area (TPSA) is 56.3 Å². The fourth-order valence-corrected chi connectivity index (χ4v) is 7.68. The number of allylic oxidation sites excluding steroid dienone is 6. The lowest BCUT2D eigenvalue weighted by Crippen LogP contribution is -2.16. The highest BCUT2D eigenvalue weighted by Gasteiger charge is 2.24. The maximum Gasteiger partial charge on any atom is 0.223 e. The maximum absolute atomic E-state index is 8.76. The van der Waals surface area contributed by atoms with E-state index in [1.807, 2.05) is 0 Å². The summed E-state index contributed by atoms with van der Waals surface area (Å²) in [7, 11) is 0. The summed E-state index contributed by atoms with van der Waals surface area (Å²) in [5, 5.41) is 17.5. The average molecular weight is 805 g/mol. The molecule has 0 aliphatic heterocycles. The van der Waals surface area contributed by atoms with Crippen LogP contribution in [-0.4, -0.2) is 12.1 Å². The van der Waals surface area contributed by atoms with Crippen LogP contribution in [-0.2, 0) is 6.42 Å². The summed E-state index contributed by atoms with van der Waals surface area (Å²) >= 11 is 0. The van der Waals surface area contributed by atoms with Crippen molar-refractivity contribution in [2.45, 2.75) is 202 Å². The third kappa shape index (κ3) is 32.7. The molecular formula is C55H88N4. The van der Waals surface area contributed by atoms with Gasteiger partial charge in [0.1, 0.15) is 0 Å². The number of hydrogen-bond acceptors (Lipinski definition) is 2. The van der Waals surface area contributed by atoms with Gasteiger partial charge in [0, 0.05) is 38.5 Å². The Bertz CT molecular complexity index is 1360. The minimum absolute atomic E-state index is 0. The van der Waals surface area contributed by atoms with Gasteiger partial charge in [0.05, 0.1) is 12.1 Å². The second-order valence-electron chi connectivity index (χ2n) is 17.2. The van der Waals surface area contributed by atoms with Crippen molar-refractivity contribution in [1.29, 1.82) is 10.5 Å². The molecule has 0 fully saturated rings. The van der Waals surface area contributed by atoms with Crippen LogP contribution in [0.25, 0.3) is 9.69 Å². The van der Waals surface area contributed by atoms with E-state index in [9.17, 15) is 0 Å². The largest absolute Gasteiger partial charge is 0.314 e. The number of hydrogen-bond donors (Lipinski definition) is 0. The van der Waals surface area contributed by atoms with E-state index in [1.54, 1.807) is 0 Å². The van der Waals surface area contributed by atoms with Crippen molar-refractivity contribution in [3.05, 3.63) is 108 Å². The van der Waals surface area contributed by atoms with Crippen molar-refractivity contribution >= 4 is 0 Å². The normalized spacial score (nSPS) is 15.0. The average Bonchev–Trinajstić information content (AvgIpc) is 3.25. The van der Waals surface area contributed by atoms with Gasteiger partial charge in [0.25, 0.3) is 0 Å². The van der Waals surface area contributed by atoms with Crippen LogP contribution in [0.3, 0.4) is 0 Å². The SMILES string of the molecule is C.[C-]#[N+]C(C)C(CCC(C)CCC#N)CCC(C=C)CCCC=CCCCCC.[C-]#[N+]C(C)C(CCC(C)CCC#N)CCC(C=C)CCCC=CCc1ccccc1. The number of rotatable bonds is 34.